The lowest BCUT2D eigenvalue weighted by atomic mass is 10.1. The first kappa shape index (κ1) is 19.9. The number of nitrogens with one attached hydrogen (secondary N) is 1. The fraction of sp³-hybridized carbons (Fsp3) is 0.316. The van der Waals surface area contributed by atoms with E-state index in [9.17, 15) is 17.6 Å². The van der Waals surface area contributed by atoms with Crippen LogP contribution < -0.4 is 9.62 Å². The Labute approximate surface area is 153 Å². The fourth-order valence-electron chi connectivity index (χ4n) is 2.53. The molecule has 0 aliphatic carbocycles. The molecule has 0 saturated heterocycles. The summed E-state index contributed by atoms with van der Waals surface area (Å²) in [7, 11) is -3.46. The molecule has 0 atom stereocenters. The van der Waals surface area contributed by atoms with Crippen LogP contribution in [0.1, 0.15) is 18.1 Å². The number of benzene rings is 2. The maximum Gasteiger partial charge on any atom is 0.232 e. The predicted molar refractivity (Wildman–Crippen MR) is 101 cm³/mol. The smallest absolute Gasteiger partial charge is 0.232 e. The number of anilines is 1. The Kier molecular flexibility index (Phi) is 6.74. The number of sulfonamides is 1. The summed E-state index contributed by atoms with van der Waals surface area (Å²) in [6, 6.07) is 13.0. The molecule has 0 bridgehead atoms. The maximum atomic E-state index is 12.9. The molecule has 1 N–H and O–H groups in total. The predicted octanol–water partition coefficient (Wildman–Crippen LogP) is 2.51. The van der Waals surface area contributed by atoms with Gasteiger partial charge in [-0.1, -0.05) is 31.2 Å². The second-order valence-electron chi connectivity index (χ2n) is 6.01. The van der Waals surface area contributed by atoms with Crippen molar-refractivity contribution in [2.24, 2.45) is 0 Å². The summed E-state index contributed by atoms with van der Waals surface area (Å²) < 4.78 is 38.3. The minimum Gasteiger partial charge on any atom is -0.354 e. The monoisotopic (exact) mass is 378 g/mol. The van der Waals surface area contributed by atoms with E-state index in [-0.39, 0.29) is 31.2 Å². The molecule has 2 aromatic carbocycles. The first-order valence-electron chi connectivity index (χ1n) is 8.37. The minimum absolute atomic E-state index is 0.115. The number of nitrogens with zero attached hydrogens (tertiary/aromatic N) is 1. The van der Waals surface area contributed by atoms with Gasteiger partial charge in [-0.05, 0) is 41.8 Å². The van der Waals surface area contributed by atoms with Crippen LogP contribution in [0.2, 0.25) is 0 Å². The lowest BCUT2D eigenvalue weighted by Crippen LogP contribution is -2.38. The van der Waals surface area contributed by atoms with Crippen LogP contribution in [0.5, 0.6) is 0 Å². The number of amides is 1. The van der Waals surface area contributed by atoms with Gasteiger partial charge in [0.05, 0.1) is 24.9 Å². The molecule has 5 nitrogen and oxygen atoms in total. The Morgan fingerprint density at radius 2 is 1.62 bits per heavy atom. The number of rotatable bonds is 8. The van der Waals surface area contributed by atoms with Gasteiger partial charge in [0.2, 0.25) is 15.9 Å². The van der Waals surface area contributed by atoms with E-state index < -0.39 is 10.0 Å². The van der Waals surface area contributed by atoms with Crippen LogP contribution in [0.15, 0.2) is 48.5 Å². The molecule has 2 rings (SSSR count). The summed E-state index contributed by atoms with van der Waals surface area (Å²) in [5.74, 6) is -0.599. The summed E-state index contributed by atoms with van der Waals surface area (Å²) >= 11 is 0. The lowest BCUT2D eigenvalue weighted by Gasteiger charge is -2.22. The van der Waals surface area contributed by atoms with Gasteiger partial charge in [0.25, 0.3) is 0 Å². The van der Waals surface area contributed by atoms with Crippen LogP contribution in [-0.2, 0) is 27.7 Å². The molecule has 1 amide bonds. The summed E-state index contributed by atoms with van der Waals surface area (Å²) in [5, 5.41) is 2.70. The van der Waals surface area contributed by atoms with E-state index >= 15 is 0 Å². The molecular formula is C19H23FN2O3S. The molecular weight excluding hydrogens is 355 g/mol. The topological polar surface area (TPSA) is 66.5 Å². The Morgan fingerprint density at radius 1 is 1.04 bits per heavy atom. The Hall–Kier alpha value is -2.41. The van der Waals surface area contributed by atoms with Gasteiger partial charge >= 0.3 is 0 Å². The van der Waals surface area contributed by atoms with Crippen molar-refractivity contribution >= 4 is 21.6 Å². The van der Waals surface area contributed by atoms with Crippen LogP contribution in [0.25, 0.3) is 0 Å². The van der Waals surface area contributed by atoms with Crippen molar-refractivity contribution in [2.75, 3.05) is 23.7 Å². The van der Waals surface area contributed by atoms with Crippen molar-refractivity contribution in [3.05, 3.63) is 65.5 Å². The number of halogens is 1. The second-order valence-corrected chi connectivity index (χ2v) is 7.92. The number of carbonyl (C=O) groups excluding carboxylic acids is 1. The van der Waals surface area contributed by atoms with Crippen molar-refractivity contribution in [1.29, 1.82) is 0 Å². The average Bonchev–Trinajstić information content (AvgIpc) is 2.60. The number of carbonyl (C=O) groups is 1. The van der Waals surface area contributed by atoms with Gasteiger partial charge in [0.15, 0.2) is 0 Å². The van der Waals surface area contributed by atoms with E-state index in [0.29, 0.717) is 11.3 Å². The van der Waals surface area contributed by atoms with Crippen molar-refractivity contribution in [3.63, 3.8) is 0 Å². The third-order valence-electron chi connectivity index (χ3n) is 3.95. The Morgan fingerprint density at radius 3 is 2.15 bits per heavy atom. The highest BCUT2D eigenvalue weighted by atomic mass is 32.2. The lowest BCUT2D eigenvalue weighted by molar-refractivity contribution is -0.120. The fourth-order valence-corrected chi connectivity index (χ4v) is 3.46. The van der Waals surface area contributed by atoms with Crippen molar-refractivity contribution in [2.45, 2.75) is 19.8 Å². The van der Waals surface area contributed by atoms with Gasteiger partial charge in [-0.15, -0.1) is 0 Å². The first-order valence-corrected chi connectivity index (χ1v) is 10.2. The van der Waals surface area contributed by atoms with Crippen molar-refractivity contribution in [1.82, 2.24) is 5.32 Å². The molecule has 26 heavy (non-hydrogen) atoms. The van der Waals surface area contributed by atoms with Gasteiger partial charge in [-0.25, -0.2) is 12.8 Å². The molecule has 0 aromatic heterocycles. The van der Waals surface area contributed by atoms with Gasteiger partial charge in [-0.2, -0.15) is 0 Å². The van der Waals surface area contributed by atoms with Crippen molar-refractivity contribution < 1.29 is 17.6 Å². The number of hydrogen-bond donors (Lipinski definition) is 1. The molecule has 0 aliphatic heterocycles. The minimum atomic E-state index is -3.46. The van der Waals surface area contributed by atoms with Gasteiger partial charge in [0, 0.05) is 6.54 Å². The molecule has 0 saturated carbocycles. The SMILES string of the molecule is CCc1ccc(N(CCNC(=O)Cc2ccc(F)cc2)S(C)(=O)=O)cc1. The van der Waals surface area contributed by atoms with Crippen LogP contribution in [0, 0.1) is 5.82 Å². The highest BCUT2D eigenvalue weighted by molar-refractivity contribution is 7.92. The highest BCUT2D eigenvalue weighted by Gasteiger charge is 2.17. The van der Waals surface area contributed by atoms with E-state index in [0.717, 1.165) is 18.2 Å². The Bertz CT molecular complexity index is 834. The maximum absolute atomic E-state index is 12.9. The zero-order chi connectivity index (χ0) is 19.2. The zero-order valence-electron chi connectivity index (χ0n) is 14.9. The zero-order valence-corrected chi connectivity index (χ0v) is 15.7. The van der Waals surface area contributed by atoms with E-state index in [1.54, 1.807) is 24.3 Å². The third-order valence-corrected chi connectivity index (χ3v) is 5.14. The molecule has 7 heteroatoms. The third kappa shape index (κ3) is 5.84. The van der Waals surface area contributed by atoms with Crippen LogP contribution in [0.3, 0.4) is 0 Å². The summed E-state index contributed by atoms with van der Waals surface area (Å²) in [4.78, 5) is 12.0. The average molecular weight is 378 g/mol. The van der Waals surface area contributed by atoms with Gasteiger partial charge in [0.1, 0.15) is 5.82 Å². The highest BCUT2D eigenvalue weighted by Crippen LogP contribution is 2.18. The second kappa shape index (κ2) is 8.80. The summed E-state index contributed by atoms with van der Waals surface area (Å²) in [6.45, 7) is 2.35. The largest absolute Gasteiger partial charge is 0.354 e. The number of aryl methyl sites for hydroxylation is 1. The standard InChI is InChI=1S/C19H23FN2O3S/c1-3-15-6-10-18(11-7-15)22(26(2,24)25)13-12-21-19(23)14-16-4-8-17(20)9-5-16/h4-11H,3,12-14H2,1-2H3,(H,21,23). The van der Waals surface area contributed by atoms with E-state index in [4.69, 9.17) is 0 Å². The van der Waals surface area contributed by atoms with E-state index in [2.05, 4.69) is 5.32 Å². The molecule has 0 fully saturated rings. The molecule has 0 aliphatic rings. The summed E-state index contributed by atoms with van der Waals surface area (Å²) in [5.41, 5.74) is 2.38. The quantitative estimate of drug-likeness (QED) is 0.768. The van der Waals surface area contributed by atoms with Crippen LogP contribution in [-0.4, -0.2) is 33.7 Å². The Balaban J connectivity index is 1.94. The van der Waals surface area contributed by atoms with Gasteiger partial charge in [-0.3, -0.25) is 9.10 Å². The molecule has 0 unspecified atom stereocenters. The molecule has 140 valence electrons. The van der Waals surface area contributed by atoms with Crippen molar-refractivity contribution in [3.8, 4) is 0 Å². The van der Waals surface area contributed by atoms with Crippen LogP contribution >= 0.6 is 0 Å². The first-order chi connectivity index (χ1) is 12.3. The van der Waals surface area contributed by atoms with Gasteiger partial charge < -0.3 is 5.32 Å². The molecule has 0 heterocycles. The molecule has 2 aromatic rings. The molecule has 0 radical (unpaired) electrons. The summed E-state index contributed by atoms with van der Waals surface area (Å²) in [6.07, 6.45) is 2.13. The molecule has 0 spiro atoms. The van der Waals surface area contributed by atoms with E-state index in [1.807, 2.05) is 19.1 Å². The normalized spacial score (nSPS) is 11.2. The van der Waals surface area contributed by atoms with Crippen LogP contribution in [0.4, 0.5) is 10.1 Å². The van der Waals surface area contributed by atoms with E-state index in [1.165, 1.54) is 16.4 Å². The number of hydrogen-bond acceptors (Lipinski definition) is 3.